The number of nitrogens with zero attached hydrogens (tertiary/aromatic N) is 1. The van der Waals surface area contributed by atoms with Crippen molar-refractivity contribution in [2.45, 2.75) is 13.0 Å². The van der Waals surface area contributed by atoms with Gasteiger partial charge in [0.05, 0.1) is 6.04 Å². The van der Waals surface area contributed by atoms with Gasteiger partial charge >= 0.3 is 5.97 Å². The number of esters is 1. The van der Waals surface area contributed by atoms with E-state index in [1.807, 2.05) is 49.4 Å². The number of thiazole rings is 1. The summed E-state index contributed by atoms with van der Waals surface area (Å²) in [4.78, 5) is 28.4. The molecule has 0 unspecified atom stereocenters. The third-order valence-electron chi connectivity index (χ3n) is 3.82. The Hall–Kier alpha value is -2.70. The first-order valence-electron chi connectivity index (χ1n) is 8.26. The number of amides is 1. The van der Waals surface area contributed by atoms with E-state index in [0.717, 1.165) is 16.1 Å². The lowest BCUT2D eigenvalue weighted by Crippen LogP contribution is -2.31. The van der Waals surface area contributed by atoms with Crippen LogP contribution in [0.25, 0.3) is 10.6 Å². The van der Waals surface area contributed by atoms with Crippen LogP contribution in [0.2, 0.25) is 5.02 Å². The van der Waals surface area contributed by atoms with Crippen LogP contribution in [0.5, 0.6) is 0 Å². The Morgan fingerprint density at radius 3 is 2.56 bits per heavy atom. The van der Waals surface area contributed by atoms with Crippen LogP contribution in [-0.2, 0) is 9.53 Å². The standard InChI is InChI=1S/C20H17ClN2O3S/c1-13(14-7-9-16(21)10-8-14)22-18(24)11-26-20(25)17-12-27-19(23-17)15-5-3-2-4-6-15/h2-10,12-13H,11H2,1H3,(H,22,24)/t13-/m1/s1. The first-order chi connectivity index (χ1) is 13.0. The van der Waals surface area contributed by atoms with E-state index in [1.165, 1.54) is 11.3 Å². The molecule has 0 saturated carbocycles. The highest BCUT2D eigenvalue weighted by molar-refractivity contribution is 7.13. The molecule has 138 valence electrons. The lowest BCUT2D eigenvalue weighted by Gasteiger charge is -2.14. The fraction of sp³-hybridized carbons (Fsp3) is 0.150. The van der Waals surface area contributed by atoms with Crippen LogP contribution in [0, 0.1) is 0 Å². The molecule has 5 nitrogen and oxygen atoms in total. The number of aromatic nitrogens is 1. The number of hydrogen-bond acceptors (Lipinski definition) is 5. The van der Waals surface area contributed by atoms with Gasteiger partial charge in [0.15, 0.2) is 12.3 Å². The summed E-state index contributed by atoms with van der Waals surface area (Å²) < 4.78 is 5.07. The maximum absolute atomic E-state index is 12.1. The van der Waals surface area contributed by atoms with Gasteiger partial charge in [-0.1, -0.05) is 54.1 Å². The third-order valence-corrected chi connectivity index (χ3v) is 4.96. The van der Waals surface area contributed by atoms with Crippen molar-refractivity contribution in [2.75, 3.05) is 6.61 Å². The molecule has 3 rings (SSSR count). The van der Waals surface area contributed by atoms with Gasteiger partial charge in [-0.25, -0.2) is 9.78 Å². The molecule has 7 heteroatoms. The van der Waals surface area contributed by atoms with Gasteiger partial charge in [-0.05, 0) is 24.6 Å². The van der Waals surface area contributed by atoms with E-state index >= 15 is 0 Å². The highest BCUT2D eigenvalue weighted by Gasteiger charge is 2.16. The number of ether oxygens (including phenoxy) is 1. The Balaban J connectivity index is 1.52. The van der Waals surface area contributed by atoms with Crippen molar-refractivity contribution in [3.63, 3.8) is 0 Å². The molecule has 0 fully saturated rings. The monoisotopic (exact) mass is 400 g/mol. The Kier molecular flexibility index (Phi) is 6.21. The lowest BCUT2D eigenvalue weighted by atomic mass is 10.1. The van der Waals surface area contributed by atoms with Crippen LogP contribution in [0.3, 0.4) is 0 Å². The van der Waals surface area contributed by atoms with E-state index < -0.39 is 5.97 Å². The molecule has 1 atom stereocenters. The predicted octanol–water partition coefficient (Wildman–Crippen LogP) is 4.50. The van der Waals surface area contributed by atoms with E-state index in [2.05, 4.69) is 10.3 Å². The molecule has 0 radical (unpaired) electrons. The maximum Gasteiger partial charge on any atom is 0.358 e. The molecule has 1 aromatic heterocycles. The van der Waals surface area contributed by atoms with Gasteiger partial charge in [-0.15, -0.1) is 11.3 Å². The Bertz CT molecular complexity index is 926. The number of nitrogens with one attached hydrogen (secondary N) is 1. The fourth-order valence-corrected chi connectivity index (χ4v) is 3.33. The minimum absolute atomic E-state index is 0.192. The minimum atomic E-state index is -0.622. The Morgan fingerprint density at radius 1 is 1.15 bits per heavy atom. The second-order valence-electron chi connectivity index (χ2n) is 5.82. The molecule has 1 amide bonds. The summed E-state index contributed by atoms with van der Waals surface area (Å²) in [7, 11) is 0. The Labute approximate surface area is 166 Å². The number of hydrogen-bond donors (Lipinski definition) is 1. The molecule has 1 heterocycles. The highest BCUT2D eigenvalue weighted by atomic mass is 35.5. The molecular weight excluding hydrogens is 384 g/mol. The van der Waals surface area contributed by atoms with E-state index in [4.69, 9.17) is 16.3 Å². The number of benzene rings is 2. The summed E-state index contributed by atoms with van der Waals surface area (Å²) in [5.41, 5.74) is 2.03. The number of carbonyl (C=O) groups excluding carboxylic acids is 2. The van der Waals surface area contributed by atoms with E-state index in [0.29, 0.717) is 5.02 Å². The van der Waals surface area contributed by atoms with Crippen LogP contribution in [-0.4, -0.2) is 23.5 Å². The van der Waals surface area contributed by atoms with Crippen LogP contribution in [0.15, 0.2) is 60.0 Å². The number of halogens is 1. The van der Waals surface area contributed by atoms with Crippen molar-refractivity contribution in [3.05, 3.63) is 76.3 Å². The molecule has 3 aromatic rings. The molecule has 0 aliphatic rings. The second kappa shape index (κ2) is 8.79. The smallest absolute Gasteiger partial charge is 0.358 e. The summed E-state index contributed by atoms with van der Waals surface area (Å²) in [6.07, 6.45) is 0. The summed E-state index contributed by atoms with van der Waals surface area (Å²) in [5, 5.41) is 5.75. The van der Waals surface area contributed by atoms with Gasteiger partial charge in [-0.3, -0.25) is 4.79 Å². The van der Waals surface area contributed by atoms with Gasteiger partial charge in [0.25, 0.3) is 5.91 Å². The van der Waals surface area contributed by atoms with Gasteiger partial charge < -0.3 is 10.1 Å². The summed E-state index contributed by atoms with van der Waals surface area (Å²) in [5.74, 6) is -1.01. The average molecular weight is 401 g/mol. The predicted molar refractivity (Wildman–Crippen MR) is 106 cm³/mol. The van der Waals surface area contributed by atoms with Crippen LogP contribution < -0.4 is 5.32 Å². The van der Waals surface area contributed by atoms with E-state index in [9.17, 15) is 9.59 Å². The molecule has 1 N–H and O–H groups in total. The van der Waals surface area contributed by atoms with Crippen molar-refractivity contribution in [1.29, 1.82) is 0 Å². The topological polar surface area (TPSA) is 68.3 Å². The van der Waals surface area contributed by atoms with Crippen molar-refractivity contribution in [2.24, 2.45) is 0 Å². The normalized spacial score (nSPS) is 11.6. The van der Waals surface area contributed by atoms with Crippen molar-refractivity contribution >= 4 is 34.8 Å². The van der Waals surface area contributed by atoms with E-state index in [-0.39, 0.29) is 24.2 Å². The molecule has 2 aromatic carbocycles. The molecule has 27 heavy (non-hydrogen) atoms. The molecule has 0 aliphatic carbocycles. The maximum atomic E-state index is 12.1. The second-order valence-corrected chi connectivity index (χ2v) is 7.12. The van der Waals surface area contributed by atoms with Gasteiger partial charge in [-0.2, -0.15) is 0 Å². The zero-order valence-corrected chi connectivity index (χ0v) is 16.1. The first kappa shape index (κ1) is 19.1. The highest BCUT2D eigenvalue weighted by Crippen LogP contribution is 2.23. The van der Waals surface area contributed by atoms with Crippen LogP contribution in [0.4, 0.5) is 0 Å². The summed E-state index contributed by atoms with van der Waals surface area (Å²) in [6, 6.07) is 16.5. The molecule has 0 saturated heterocycles. The zero-order chi connectivity index (χ0) is 19.2. The first-order valence-corrected chi connectivity index (χ1v) is 9.51. The summed E-state index contributed by atoms with van der Waals surface area (Å²) in [6.45, 7) is 1.48. The zero-order valence-electron chi connectivity index (χ0n) is 14.5. The van der Waals surface area contributed by atoms with Crippen LogP contribution in [0.1, 0.15) is 29.0 Å². The minimum Gasteiger partial charge on any atom is -0.451 e. The van der Waals surface area contributed by atoms with Crippen molar-refractivity contribution < 1.29 is 14.3 Å². The van der Waals surface area contributed by atoms with Gasteiger partial charge in [0.1, 0.15) is 5.01 Å². The SMILES string of the molecule is C[C@@H](NC(=O)COC(=O)c1csc(-c2ccccc2)n1)c1ccc(Cl)cc1. The average Bonchev–Trinajstić information content (AvgIpc) is 3.17. The molecule has 0 bridgehead atoms. The quantitative estimate of drug-likeness (QED) is 0.618. The van der Waals surface area contributed by atoms with Gasteiger partial charge in [0, 0.05) is 16.0 Å². The molecular formula is C20H17ClN2O3S. The number of rotatable bonds is 6. The van der Waals surface area contributed by atoms with E-state index in [1.54, 1.807) is 17.5 Å². The van der Waals surface area contributed by atoms with Gasteiger partial charge in [0.2, 0.25) is 0 Å². The largest absolute Gasteiger partial charge is 0.451 e. The van der Waals surface area contributed by atoms with Crippen molar-refractivity contribution in [1.82, 2.24) is 10.3 Å². The van der Waals surface area contributed by atoms with Crippen LogP contribution >= 0.6 is 22.9 Å². The fourth-order valence-electron chi connectivity index (χ4n) is 2.40. The molecule has 0 spiro atoms. The third kappa shape index (κ3) is 5.15. The Morgan fingerprint density at radius 2 is 1.85 bits per heavy atom. The lowest BCUT2D eigenvalue weighted by molar-refractivity contribution is -0.124. The summed E-state index contributed by atoms with van der Waals surface area (Å²) >= 11 is 7.21. The molecule has 0 aliphatic heterocycles. The van der Waals surface area contributed by atoms with Crippen molar-refractivity contribution in [3.8, 4) is 10.6 Å². The number of carbonyl (C=O) groups is 2.